The lowest BCUT2D eigenvalue weighted by molar-refractivity contribution is -0.138. The van der Waals surface area contributed by atoms with Gasteiger partial charge in [0.25, 0.3) is 6.47 Å². The van der Waals surface area contributed by atoms with Crippen LogP contribution in [0.3, 0.4) is 0 Å². The summed E-state index contributed by atoms with van der Waals surface area (Å²) >= 11 is 0. The highest BCUT2D eigenvalue weighted by Crippen LogP contribution is 2.31. The van der Waals surface area contributed by atoms with Gasteiger partial charge in [-0.15, -0.1) is 0 Å². The van der Waals surface area contributed by atoms with Crippen LogP contribution in [0, 0.1) is 0 Å². The van der Waals surface area contributed by atoms with Crippen molar-refractivity contribution in [1.82, 2.24) is 10.2 Å². The van der Waals surface area contributed by atoms with Crippen LogP contribution in [0.15, 0.2) is 18.2 Å². The van der Waals surface area contributed by atoms with Crippen molar-refractivity contribution in [3.8, 4) is 5.75 Å². The second-order valence-corrected chi connectivity index (χ2v) is 8.14. The van der Waals surface area contributed by atoms with Gasteiger partial charge in [0.1, 0.15) is 30.3 Å². The summed E-state index contributed by atoms with van der Waals surface area (Å²) in [4.78, 5) is 36.1. The van der Waals surface area contributed by atoms with Gasteiger partial charge in [-0.1, -0.05) is 0 Å². The third-order valence-electron chi connectivity index (χ3n) is 4.50. The monoisotopic (exact) mass is 437 g/mol. The van der Waals surface area contributed by atoms with E-state index < -0.39 is 0 Å². The molecule has 174 valence electrons. The smallest absolute Gasteiger partial charge is 0.293 e. The van der Waals surface area contributed by atoms with Crippen LogP contribution >= 0.6 is 0 Å². The minimum absolute atomic E-state index is 0.0747. The molecule has 3 rings (SSSR count). The SMILES string of the molecule is CC(C)(C)OC=O.CN1CCOCC1.CN[C@H]1COc2ccc(C=O)cc2N(C)C1=O. The molecule has 0 radical (unpaired) electrons. The fraction of sp³-hybridized carbons (Fsp3) is 0.591. The quantitative estimate of drug-likeness (QED) is 0.708. The molecule has 2 aliphatic heterocycles. The molecule has 1 fully saturated rings. The number of anilines is 1. The number of carbonyl (C=O) groups is 3. The Morgan fingerprint density at radius 3 is 2.23 bits per heavy atom. The number of hydrogen-bond donors (Lipinski definition) is 1. The highest BCUT2D eigenvalue weighted by molar-refractivity contribution is 5.99. The molecule has 9 nitrogen and oxygen atoms in total. The summed E-state index contributed by atoms with van der Waals surface area (Å²) < 4.78 is 15.2. The van der Waals surface area contributed by atoms with E-state index in [2.05, 4.69) is 22.0 Å². The fourth-order valence-corrected chi connectivity index (χ4v) is 2.59. The molecule has 1 aromatic rings. The highest BCUT2D eigenvalue weighted by Gasteiger charge is 2.28. The number of nitrogens with one attached hydrogen (secondary N) is 1. The zero-order chi connectivity index (χ0) is 23.4. The molecule has 0 bridgehead atoms. The van der Waals surface area contributed by atoms with Gasteiger partial charge in [0, 0.05) is 25.7 Å². The molecular weight excluding hydrogens is 402 g/mol. The summed E-state index contributed by atoms with van der Waals surface area (Å²) in [6, 6.07) is 4.66. The van der Waals surface area contributed by atoms with Crippen molar-refractivity contribution >= 4 is 24.4 Å². The third-order valence-corrected chi connectivity index (χ3v) is 4.50. The average molecular weight is 438 g/mol. The molecule has 2 aliphatic rings. The Balaban J connectivity index is 0.000000283. The van der Waals surface area contributed by atoms with E-state index in [1.54, 1.807) is 32.3 Å². The average Bonchev–Trinajstić information content (AvgIpc) is 2.85. The van der Waals surface area contributed by atoms with Crippen LogP contribution < -0.4 is 15.0 Å². The summed E-state index contributed by atoms with van der Waals surface area (Å²) in [6.45, 7) is 10.2. The van der Waals surface area contributed by atoms with E-state index in [4.69, 9.17) is 9.47 Å². The van der Waals surface area contributed by atoms with Gasteiger partial charge in [-0.05, 0) is 53.1 Å². The number of amides is 1. The lowest BCUT2D eigenvalue weighted by Gasteiger charge is -2.21. The standard InChI is InChI=1S/C12H14N2O3.C5H11NO.C5H10O2/c1-13-9-7-17-11-4-3-8(6-15)5-10(11)14(2)12(9)16;1-6-2-4-7-5-3-6;1-5(2,3)7-4-6/h3-6,9,13H,7H2,1-2H3;2-5H2,1H3;4H,1-3H3/t9-;;/m0../s1. The Labute approximate surface area is 184 Å². The Morgan fingerprint density at radius 2 is 1.81 bits per heavy atom. The third kappa shape index (κ3) is 9.46. The summed E-state index contributed by atoms with van der Waals surface area (Å²) in [5.74, 6) is 0.540. The number of fused-ring (bicyclic) bond motifs is 1. The first kappa shape index (κ1) is 26.5. The van der Waals surface area contributed by atoms with E-state index in [1.807, 2.05) is 20.8 Å². The number of morpholine rings is 1. The molecule has 1 saturated heterocycles. The first-order chi connectivity index (χ1) is 14.6. The molecule has 0 unspecified atom stereocenters. The van der Waals surface area contributed by atoms with Gasteiger partial charge in [0.05, 0.1) is 18.9 Å². The van der Waals surface area contributed by atoms with E-state index in [1.165, 1.54) is 4.90 Å². The van der Waals surface area contributed by atoms with E-state index in [-0.39, 0.29) is 24.2 Å². The molecule has 0 aromatic heterocycles. The van der Waals surface area contributed by atoms with Crippen LogP contribution in [-0.4, -0.2) is 89.3 Å². The van der Waals surface area contributed by atoms with Crippen LogP contribution in [0.2, 0.25) is 0 Å². The lowest BCUT2D eigenvalue weighted by Crippen LogP contribution is -2.45. The van der Waals surface area contributed by atoms with E-state index in [0.717, 1.165) is 32.6 Å². The maximum absolute atomic E-state index is 12.0. The maximum atomic E-state index is 12.0. The van der Waals surface area contributed by atoms with Gasteiger partial charge in [-0.3, -0.25) is 14.4 Å². The summed E-state index contributed by atoms with van der Waals surface area (Å²) in [6.07, 6.45) is 0.749. The van der Waals surface area contributed by atoms with E-state index in [9.17, 15) is 14.4 Å². The minimum Gasteiger partial charge on any atom is -0.489 e. The predicted molar refractivity (Wildman–Crippen MR) is 119 cm³/mol. The molecular formula is C22H35N3O6. The minimum atomic E-state index is -0.368. The summed E-state index contributed by atoms with van der Waals surface area (Å²) in [7, 11) is 5.50. The number of carbonyl (C=O) groups excluding carboxylic acids is 3. The number of likely N-dealkylation sites (N-methyl/N-ethyl adjacent to an activating group) is 3. The van der Waals surface area contributed by atoms with Crippen LogP contribution in [-0.2, 0) is 19.1 Å². The zero-order valence-corrected chi connectivity index (χ0v) is 19.3. The number of nitrogens with zero attached hydrogens (tertiary/aromatic N) is 2. The van der Waals surface area contributed by atoms with Crippen molar-refractivity contribution in [1.29, 1.82) is 0 Å². The van der Waals surface area contributed by atoms with Crippen molar-refractivity contribution in [3.05, 3.63) is 23.8 Å². The van der Waals surface area contributed by atoms with Crippen molar-refractivity contribution in [2.75, 3.05) is 59.0 Å². The largest absolute Gasteiger partial charge is 0.489 e. The van der Waals surface area contributed by atoms with Crippen LogP contribution in [0.4, 0.5) is 5.69 Å². The van der Waals surface area contributed by atoms with Gasteiger partial charge in [0.2, 0.25) is 5.91 Å². The Kier molecular flexibility index (Phi) is 11.2. The molecule has 1 amide bonds. The van der Waals surface area contributed by atoms with Crippen LogP contribution in [0.5, 0.6) is 5.75 Å². The second kappa shape index (κ2) is 13.0. The van der Waals surface area contributed by atoms with Crippen LogP contribution in [0.25, 0.3) is 0 Å². The number of hydrogen-bond acceptors (Lipinski definition) is 8. The Morgan fingerprint density at radius 1 is 1.16 bits per heavy atom. The molecule has 1 N–H and O–H groups in total. The molecule has 1 aromatic carbocycles. The maximum Gasteiger partial charge on any atom is 0.293 e. The lowest BCUT2D eigenvalue weighted by atomic mass is 10.2. The molecule has 0 aliphatic carbocycles. The van der Waals surface area contributed by atoms with E-state index in [0.29, 0.717) is 23.5 Å². The Hall–Kier alpha value is -2.49. The topological polar surface area (TPSA) is 97.4 Å². The van der Waals surface area contributed by atoms with Gasteiger partial charge in [-0.2, -0.15) is 0 Å². The first-order valence-electron chi connectivity index (χ1n) is 10.2. The highest BCUT2D eigenvalue weighted by atomic mass is 16.5. The van der Waals surface area contributed by atoms with Gasteiger partial charge >= 0.3 is 0 Å². The van der Waals surface area contributed by atoms with Crippen molar-refractivity contribution in [2.24, 2.45) is 0 Å². The number of ether oxygens (including phenoxy) is 3. The predicted octanol–water partition coefficient (Wildman–Crippen LogP) is 1.35. The molecule has 0 saturated carbocycles. The molecule has 0 spiro atoms. The summed E-state index contributed by atoms with van der Waals surface area (Å²) in [5, 5.41) is 2.90. The number of benzene rings is 1. The van der Waals surface area contributed by atoms with Crippen molar-refractivity contribution in [3.63, 3.8) is 0 Å². The number of rotatable bonds is 3. The van der Waals surface area contributed by atoms with Gasteiger partial charge < -0.3 is 29.3 Å². The van der Waals surface area contributed by atoms with E-state index >= 15 is 0 Å². The first-order valence-corrected chi connectivity index (χ1v) is 10.2. The second-order valence-electron chi connectivity index (χ2n) is 8.14. The van der Waals surface area contributed by atoms with Gasteiger partial charge in [-0.25, -0.2) is 0 Å². The Bertz CT molecular complexity index is 714. The van der Waals surface area contributed by atoms with Gasteiger partial charge in [0.15, 0.2) is 0 Å². The van der Waals surface area contributed by atoms with Crippen LogP contribution in [0.1, 0.15) is 31.1 Å². The molecule has 1 atom stereocenters. The molecule has 31 heavy (non-hydrogen) atoms. The summed E-state index contributed by atoms with van der Waals surface area (Å²) in [5.41, 5.74) is 0.828. The number of aldehydes is 1. The van der Waals surface area contributed by atoms with Crippen molar-refractivity contribution in [2.45, 2.75) is 32.4 Å². The molecule has 2 heterocycles. The van der Waals surface area contributed by atoms with Crippen molar-refractivity contribution < 1.29 is 28.6 Å². The zero-order valence-electron chi connectivity index (χ0n) is 19.3. The molecule has 9 heteroatoms. The fourth-order valence-electron chi connectivity index (χ4n) is 2.59. The normalized spacial score (nSPS) is 18.7.